The van der Waals surface area contributed by atoms with Gasteiger partial charge in [-0.1, -0.05) is 11.3 Å². The average molecular weight is 353 g/mol. The molecule has 1 aliphatic heterocycles. The van der Waals surface area contributed by atoms with Gasteiger partial charge in [0.1, 0.15) is 19.1 Å². The van der Waals surface area contributed by atoms with Gasteiger partial charge in [0, 0.05) is 17.3 Å². The van der Waals surface area contributed by atoms with E-state index >= 15 is 0 Å². The molecule has 0 bridgehead atoms. The third-order valence-corrected chi connectivity index (χ3v) is 5.08. The molecule has 3 heterocycles. The predicted octanol–water partition coefficient (Wildman–Crippen LogP) is 1.59. The minimum Gasteiger partial charge on any atom is -0.465 e. The normalized spacial score (nSPS) is 14.3. The number of hydrogen-bond donors (Lipinski definition) is 0. The molecule has 2 aromatic heterocycles. The van der Waals surface area contributed by atoms with Crippen molar-refractivity contribution in [2.75, 3.05) is 11.6 Å². The Morgan fingerprint density at radius 2 is 2.08 bits per heavy atom. The van der Waals surface area contributed by atoms with Crippen LogP contribution in [0.5, 0.6) is 0 Å². The summed E-state index contributed by atoms with van der Waals surface area (Å²) in [5, 5.41) is 0. The molecule has 7 heteroatoms. The SMILES string of the molecule is CC(=O)c1ccc(N2CN=c3sc(=Cc4ccco4)c(=O)n3C2)cc1. The summed E-state index contributed by atoms with van der Waals surface area (Å²) in [5.74, 6) is 0.678. The maximum Gasteiger partial charge on any atom is 0.271 e. The molecular weight excluding hydrogens is 338 g/mol. The third-order valence-electron chi connectivity index (χ3n) is 4.03. The van der Waals surface area contributed by atoms with Gasteiger partial charge in [-0.2, -0.15) is 0 Å². The van der Waals surface area contributed by atoms with E-state index < -0.39 is 0 Å². The van der Waals surface area contributed by atoms with E-state index in [2.05, 4.69) is 4.99 Å². The van der Waals surface area contributed by atoms with Crippen LogP contribution in [-0.2, 0) is 6.67 Å². The summed E-state index contributed by atoms with van der Waals surface area (Å²) in [6.45, 7) is 2.44. The van der Waals surface area contributed by atoms with Crippen molar-refractivity contribution in [2.45, 2.75) is 13.6 Å². The average Bonchev–Trinajstić information content (AvgIpc) is 3.24. The lowest BCUT2D eigenvalue weighted by Gasteiger charge is -2.25. The highest BCUT2D eigenvalue weighted by molar-refractivity contribution is 7.07. The largest absolute Gasteiger partial charge is 0.465 e. The van der Waals surface area contributed by atoms with Crippen LogP contribution in [0.4, 0.5) is 5.69 Å². The first-order chi connectivity index (χ1) is 12.1. The zero-order chi connectivity index (χ0) is 17.4. The summed E-state index contributed by atoms with van der Waals surface area (Å²) in [4.78, 5) is 31.2. The molecule has 1 aromatic carbocycles. The number of fused-ring (bicyclic) bond motifs is 1. The molecule has 0 saturated heterocycles. The fourth-order valence-electron chi connectivity index (χ4n) is 2.68. The number of thiazole rings is 1. The van der Waals surface area contributed by atoms with Gasteiger partial charge in [-0.25, -0.2) is 4.99 Å². The summed E-state index contributed by atoms with van der Waals surface area (Å²) in [6, 6.07) is 10.9. The smallest absolute Gasteiger partial charge is 0.271 e. The van der Waals surface area contributed by atoms with Crippen LogP contribution in [0, 0.1) is 0 Å². The lowest BCUT2D eigenvalue weighted by Crippen LogP contribution is -2.42. The van der Waals surface area contributed by atoms with Gasteiger partial charge in [0.05, 0.1) is 10.8 Å². The maximum atomic E-state index is 12.6. The molecule has 0 radical (unpaired) electrons. The van der Waals surface area contributed by atoms with Gasteiger partial charge >= 0.3 is 0 Å². The molecule has 4 rings (SSSR count). The number of carbonyl (C=O) groups is 1. The highest BCUT2D eigenvalue weighted by atomic mass is 32.1. The summed E-state index contributed by atoms with van der Waals surface area (Å²) in [5.41, 5.74) is 1.51. The maximum absolute atomic E-state index is 12.6. The Morgan fingerprint density at radius 1 is 1.28 bits per heavy atom. The second-order valence-electron chi connectivity index (χ2n) is 5.73. The molecule has 0 unspecified atom stereocenters. The van der Waals surface area contributed by atoms with Crippen molar-refractivity contribution in [1.29, 1.82) is 0 Å². The predicted molar refractivity (Wildman–Crippen MR) is 95.4 cm³/mol. The molecule has 25 heavy (non-hydrogen) atoms. The molecule has 0 N–H and O–H groups in total. The van der Waals surface area contributed by atoms with Gasteiger partial charge in [-0.15, -0.1) is 0 Å². The second kappa shape index (κ2) is 6.18. The molecule has 0 aliphatic carbocycles. The number of ketones is 1. The molecule has 0 fully saturated rings. The first-order valence-corrected chi connectivity index (χ1v) is 8.59. The monoisotopic (exact) mass is 353 g/mol. The van der Waals surface area contributed by atoms with E-state index in [0.29, 0.717) is 34.0 Å². The number of rotatable bonds is 3. The van der Waals surface area contributed by atoms with E-state index in [4.69, 9.17) is 4.42 Å². The van der Waals surface area contributed by atoms with Crippen LogP contribution in [0.3, 0.4) is 0 Å². The van der Waals surface area contributed by atoms with Gasteiger partial charge in [-0.3, -0.25) is 14.2 Å². The van der Waals surface area contributed by atoms with Crippen LogP contribution in [-0.4, -0.2) is 17.0 Å². The fourth-order valence-corrected chi connectivity index (χ4v) is 3.63. The minimum atomic E-state index is -0.0785. The zero-order valence-corrected chi connectivity index (χ0v) is 14.3. The molecule has 1 aliphatic rings. The molecule has 0 saturated carbocycles. The molecule has 0 atom stereocenters. The van der Waals surface area contributed by atoms with E-state index in [1.54, 1.807) is 42.0 Å². The Morgan fingerprint density at radius 3 is 2.76 bits per heavy atom. The van der Waals surface area contributed by atoms with Crippen molar-refractivity contribution in [3.05, 3.63) is 73.7 Å². The molecular formula is C18H15N3O3S. The highest BCUT2D eigenvalue weighted by Crippen LogP contribution is 2.17. The van der Waals surface area contributed by atoms with E-state index in [-0.39, 0.29) is 11.3 Å². The molecule has 6 nitrogen and oxygen atoms in total. The van der Waals surface area contributed by atoms with Crippen LogP contribution >= 0.6 is 11.3 Å². The zero-order valence-electron chi connectivity index (χ0n) is 13.5. The topological polar surface area (TPSA) is 67.8 Å². The Bertz CT molecular complexity index is 1090. The number of carbonyl (C=O) groups excluding carboxylic acids is 1. The Labute approximate surface area is 147 Å². The minimum absolute atomic E-state index is 0.0318. The van der Waals surface area contributed by atoms with E-state index in [1.165, 1.54) is 11.3 Å². The van der Waals surface area contributed by atoms with Gasteiger partial charge in [-0.05, 0) is 43.3 Å². The number of anilines is 1. The van der Waals surface area contributed by atoms with Crippen molar-refractivity contribution in [3.63, 3.8) is 0 Å². The first-order valence-electron chi connectivity index (χ1n) is 7.77. The molecule has 0 amide bonds. The number of Topliss-reactive ketones (excluding diaryl/α,β-unsaturated/α-hetero) is 1. The fraction of sp³-hybridized carbons (Fsp3) is 0.167. The van der Waals surface area contributed by atoms with Crippen molar-refractivity contribution in [3.8, 4) is 0 Å². The third kappa shape index (κ3) is 2.94. The molecule has 0 spiro atoms. The van der Waals surface area contributed by atoms with Crippen molar-refractivity contribution in [2.24, 2.45) is 4.99 Å². The Kier molecular flexibility index (Phi) is 3.85. The second-order valence-corrected chi connectivity index (χ2v) is 6.73. The quantitative estimate of drug-likeness (QED) is 0.671. The Balaban J connectivity index is 1.67. The summed E-state index contributed by atoms with van der Waals surface area (Å²) in [6.07, 6.45) is 3.31. The number of aromatic nitrogens is 1. The number of furan rings is 1. The van der Waals surface area contributed by atoms with Crippen LogP contribution < -0.4 is 19.8 Å². The van der Waals surface area contributed by atoms with Gasteiger partial charge in [0.2, 0.25) is 0 Å². The standard InChI is InChI=1S/C18H15N3O3S/c1-12(22)13-4-6-14(7-5-13)20-10-19-18-21(11-20)17(23)16(25-18)9-15-3-2-8-24-15/h2-9H,10-11H2,1H3. The number of nitrogens with zero attached hydrogens (tertiary/aromatic N) is 3. The number of benzene rings is 1. The highest BCUT2D eigenvalue weighted by Gasteiger charge is 2.16. The van der Waals surface area contributed by atoms with E-state index in [9.17, 15) is 9.59 Å². The van der Waals surface area contributed by atoms with Crippen molar-refractivity contribution < 1.29 is 9.21 Å². The first kappa shape index (κ1) is 15.6. The molecule has 126 valence electrons. The van der Waals surface area contributed by atoms with Gasteiger partial charge in [0.25, 0.3) is 5.56 Å². The Hall–Kier alpha value is -2.93. The number of hydrogen-bond acceptors (Lipinski definition) is 6. The van der Waals surface area contributed by atoms with Crippen LogP contribution in [0.25, 0.3) is 6.08 Å². The van der Waals surface area contributed by atoms with Crippen molar-refractivity contribution in [1.82, 2.24) is 4.57 Å². The van der Waals surface area contributed by atoms with Gasteiger partial charge in [0.15, 0.2) is 10.6 Å². The van der Waals surface area contributed by atoms with Crippen molar-refractivity contribution >= 4 is 28.9 Å². The van der Waals surface area contributed by atoms with Crippen LogP contribution in [0.1, 0.15) is 23.0 Å². The van der Waals surface area contributed by atoms with Crippen LogP contribution in [0.15, 0.2) is 56.9 Å². The van der Waals surface area contributed by atoms with Gasteiger partial charge < -0.3 is 9.32 Å². The van der Waals surface area contributed by atoms with Crippen LogP contribution in [0.2, 0.25) is 0 Å². The lowest BCUT2D eigenvalue weighted by molar-refractivity contribution is 0.101. The van der Waals surface area contributed by atoms with E-state index in [0.717, 1.165) is 5.69 Å². The molecule has 3 aromatic rings. The summed E-state index contributed by atoms with van der Waals surface area (Å²) < 4.78 is 7.53. The summed E-state index contributed by atoms with van der Waals surface area (Å²) in [7, 11) is 0. The summed E-state index contributed by atoms with van der Waals surface area (Å²) >= 11 is 1.36. The van der Waals surface area contributed by atoms with E-state index in [1.807, 2.05) is 23.1 Å². The lowest BCUT2D eigenvalue weighted by atomic mass is 10.1.